The molecule has 4 nitrogen and oxygen atoms in total. The molecule has 0 saturated carbocycles. The predicted octanol–water partition coefficient (Wildman–Crippen LogP) is 4.63. The topological polar surface area (TPSA) is 72.6 Å². The number of primary amides is 1. The molecule has 0 aromatic heterocycles. The van der Waals surface area contributed by atoms with E-state index < -0.39 is 5.91 Å². The minimum atomic E-state index is -0.508. The summed E-state index contributed by atoms with van der Waals surface area (Å²) in [4.78, 5) is 10.9. The summed E-state index contributed by atoms with van der Waals surface area (Å²) in [6.07, 6.45) is 0.847. The third-order valence-corrected chi connectivity index (χ3v) is 4.46. The van der Waals surface area contributed by atoms with E-state index in [1.807, 2.05) is 54.6 Å². The van der Waals surface area contributed by atoms with Crippen LogP contribution in [0.4, 0.5) is 0 Å². The van der Waals surface area contributed by atoms with Gasteiger partial charge in [0.05, 0.1) is 0 Å². The lowest BCUT2D eigenvalue weighted by Crippen LogP contribution is -2.19. The first-order valence-electron chi connectivity index (χ1n) is 9.18. The second kappa shape index (κ2) is 8.91. The minimum Gasteiger partial charge on any atom is -0.508 e. The lowest BCUT2D eigenvalue weighted by atomic mass is 9.88. The molecule has 0 spiro atoms. The molecule has 0 radical (unpaired) electrons. The number of hydrogen-bond acceptors (Lipinski definition) is 3. The lowest BCUT2D eigenvalue weighted by Gasteiger charge is -2.17. The van der Waals surface area contributed by atoms with Crippen LogP contribution in [0.2, 0.25) is 0 Å². The highest BCUT2D eigenvalue weighted by Gasteiger charge is 2.13. The Kier molecular flexibility index (Phi) is 6.12. The highest BCUT2D eigenvalue weighted by molar-refractivity contribution is 5.98. The van der Waals surface area contributed by atoms with E-state index in [0.717, 1.165) is 28.7 Å². The maximum Gasteiger partial charge on any atom is 0.255 e. The van der Waals surface area contributed by atoms with Crippen LogP contribution in [0.25, 0.3) is 11.1 Å². The second-order valence-corrected chi connectivity index (χ2v) is 6.40. The van der Waals surface area contributed by atoms with Gasteiger partial charge in [-0.05, 0) is 58.5 Å². The Balaban J connectivity index is 2.10. The summed E-state index contributed by atoms with van der Waals surface area (Å²) in [6.45, 7) is 1.98. The molecule has 3 aromatic rings. The number of ether oxygens (including phenoxy) is 1. The molecule has 1 amide bonds. The van der Waals surface area contributed by atoms with Crippen molar-refractivity contribution in [3.8, 4) is 11.5 Å². The predicted molar refractivity (Wildman–Crippen MR) is 112 cm³/mol. The van der Waals surface area contributed by atoms with Gasteiger partial charge in [-0.25, -0.2) is 0 Å². The highest BCUT2D eigenvalue weighted by Crippen LogP contribution is 2.35. The Bertz CT molecular complexity index is 959. The van der Waals surface area contributed by atoms with Crippen LogP contribution in [-0.4, -0.2) is 17.6 Å². The van der Waals surface area contributed by atoms with E-state index in [9.17, 15) is 9.90 Å². The molecule has 28 heavy (non-hydrogen) atoms. The average Bonchev–Trinajstić information content (AvgIpc) is 2.72. The van der Waals surface area contributed by atoms with Gasteiger partial charge in [-0.15, -0.1) is 0 Å². The fraction of sp³-hybridized carbons (Fsp3) is 0.125. The molecule has 0 atom stereocenters. The maximum atomic E-state index is 10.9. The molecule has 0 heterocycles. The van der Waals surface area contributed by atoms with E-state index in [2.05, 4.69) is 19.1 Å². The van der Waals surface area contributed by atoms with Gasteiger partial charge in [-0.3, -0.25) is 4.79 Å². The van der Waals surface area contributed by atoms with Crippen molar-refractivity contribution in [3.05, 3.63) is 95.6 Å². The fourth-order valence-electron chi connectivity index (χ4n) is 3.18. The zero-order chi connectivity index (χ0) is 19.9. The summed E-state index contributed by atoms with van der Waals surface area (Å²) in [7, 11) is 0. The van der Waals surface area contributed by atoms with Gasteiger partial charge in [-0.2, -0.15) is 0 Å². The van der Waals surface area contributed by atoms with Crippen molar-refractivity contribution < 1.29 is 14.6 Å². The first-order chi connectivity index (χ1) is 13.6. The van der Waals surface area contributed by atoms with Gasteiger partial charge >= 0.3 is 0 Å². The zero-order valence-electron chi connectivity index (χ0n) is 15.8. The lowest BCUT2D eigenvalue weighted by molar-refractivity contribution is -0.119. The van der Waals surface area contributed by atoms with E-state index in [-0.39, 0.29) is 12.4 Å². The molecule has 0 aliphatic carbocycles. The van der Waals surface area contributed by atoms with Gasteiger partial charge in [-0.1, -0.05) is 61.5 Å². The third-order valence-electron chi connectivity index (χ3n) is 4.46. The standard InChI is InChI=1S/C24H23NO3/c1-2-22(17-6-4-3-5-7-17)24(18-8-12-20(26)13-9-18)19-10-14-21(15-11-19)28-16-23(25)27/h3-15,26H,2,16H2,1H3,(H2,25,27)/b24-22+. The monoisotopic (exact) mass is 373 g/mol. The van der Waals surface area contributed by atoms with Crippen molar-refractivity contribution in [2.75, 3.05) is 6.61 Å². The molecule has 3 aromatic carbocycles. The van der Waals surface area contributed by atoms with Gasteiger partial charge in [0, 0.05) is 0 Å². The van der Waals surface area contributed by atoms with Crippen LogP contribution >= 0.6 is 0 Å². The Morgan fingerprint density at radius 2 is 1.43 bits per heavy atom. The van der Waals surface area contributed by atoms with Gasteiger partial charge < -0.3 is 15.6 Å². The Morgan fingerprint density at radius 3 is 1.96 bits per heavy atom. The van der Waals surface area contributed by atoms with E-state index in [4.69, 9.17) is 10.5 Å². The molecular weight excluding hydrogens is 350 g/mol. The summed E-state index contributed by atoms with van der Waals surface area (Å²) in [6, 6.07) is 25.1. The van der Waals surface area contributed by atoms with Gasteiger partial charge in [0.15, 0.2) is 6.61 Å². The van der Waals surface area contributed by atoms with Crippen molar-refractivity contribution in [2.45, 2.75) is 13.3 Å². The summed E-state index contributed by atoms with van der Waals surface area (Å²) in [5.41, 5.74) is 10.6. The molecule has 0 saturated heterocycles. The van der Waals surface area contributed by atoms with Crippen LogP contribution in [0, 0.1) is 0 Å². The number of rotatable bonds is 7. The molecule has 142 valence electrons. The zero-order valence-corrected chi connectivity index (χ0v) is 15.8. The minimum absolute atomic E-state index is 0.149. The SMILES string of the molecule is CC/C(=C(/c1ccc(O)cc1)c1ccc(OCC(N)=O)cc1)c1ccccc1. The first-order valence-corrected chi connectivity index (χ1v) is 9.18. The van der Waals surface area contributed by atoms with Crippen molar-refractivity contribution in [1.82, 2.24) is 0 Å². The first kappa shape index (κ1) is 19.2. The van der Waals surface area contributed by atoms with Crippen LogP contribution in [0.3, 0.4) is 0 Å². The summed E-state index contributed by atoms with van der Waals surface area (Å²) < 4.78 is 5.37. The van der Waals surface area contributed by atoms with Crippen LogP contribution < -0.4 is 10.5 Å². The van der Waals surface area contributed by atoms with Crippen LogP contribution in [-0.2, 0) is 4.79 Å². The summed E-state index contributed by atoms with van der Waals surface area (Å²) >= 11 is 0. The second-order valence-electron chi connectivity index (χ2n) is 6.40. The molecule has 0 aliphatic heterocycles. The van der Waals surface area contributed by atoms with Crippen molar-refractivity contribution >= 4 is 17.1 Å². The Labute approximate surface area is 164 Å². The normalized spacial score (nSPS) is 11.6. The number of amides is 1. The van der Waals surface area contributed by atoms with E-state index in [1.165, 1.54) is 5.57 Å². The van der Waals surface area contributed by atoms with Gasteiger partial charge in [0.2, 0.25) is 0 Å². The van der Waals surface area contributed by atoms with Crippen LogP contribution in [0.15, 0.2) is 78.9 Å². The number of carbonyl (C=O) groups excluding carboxylic acids is 1. The quantitative estimate of drug-likeness (QED) is 0.593. The van der Waals surface area contributed by atoms with Crippen molar-refractivity contribution in [3.63, 3.8) is 0 Å². The molecule has 0 bridgehead atoms. The molecule has 0 fully saturated rings. The summed E-state index contributed by atoms with van der Waals surface area (Å²) in [5, 5.41) is 9.69. The van der Waals surface area contributed by atoms with Crippen molar-refractivity contribution in [1.29, 1.82) is 0 Å². The third kappa shape index (κ3) is 4.60. The average molecular weight is 373 g/mol. The van der Waals surface area contributed by atoms with E-state index in [1.54, 1.807) is 12.1 Å². The Hall–Kier alpha value is -3.53. The number of nitrogens with two attached hydrogens (primary N) is 1. The van der Waals surface area contributed by atoms with Gasteiger partial charge in [0.1, 0.15) is 11.5 Å². The fourth-order valence-corrected chi connectivity index (χ4v) is 3.18. The molecular formula is C24H23NO3. The van der Waals surface area contributed by atoms with Gasteiger partial charge in [0.25, 0.3) is 5.91 Å². The number of hydrogen-bond donors (Lipinski definition) is 2. The maximum absolute atomic E-state index is 10.9. The van der Waals surface area contributed by atoms with E-state index >= 15 is 0 Å². The van der Waals surface area contributed by atoms with Crippen molar-refractivity contribution in [2.24, 2.45) is 5.73 Å². The smallest absolute Gasteiger partial charge is 0.255 e. The molecule has 0 aliphatic rings. The molecule has 0 unspecified atom stereocenters. The number of allylic oxidation sites excluding steroid dienone is 1. The number of benzene rings is 3. The molecule has 3 N–H and O–H groups in total. The highest BCUT2D eigenvalue weighted by atomic mass is 16.5. The Morgan fingerprint density at radius 1 is 0.857 bits per heavy atom. The number of phenolic OH excluding ortho intramolecular Hbond substituents is 1. The largest absolute Gasteiger partial charge is 0.508 e. The molecule has 4 heteroatoms. The number of carbonyl (C=O) groups is 1. The number of phenols is 1. The van der Waals surface area contributed by atoms with Crippen LogP contribution in [0.1, 0.15) is 30.0 Å². The number of aromatic hydroxyl groups is 1. The molecule has 3 rings (SSSR count). The summed E-state index contributed by atoms with van der Waals surface area (Å²) in [5.74, 6) is 0.313. The van der Waals surface area contributed by atoms with E-state index in [0.29, 0.717) is 5.75 Å². The van der Waals surface area contributed by atoms with Crippen LogP contribution in [0.5, 0.6) is 11.5 Å².